The smallest absolute Gasteiger partial charge is 0.311 e. The molecule has 4 aliphatic rings. The second kappa shape index (κ2) is 11.1. The summed E-state index contributed by atoms with van der Waals surface area (Å²) in [6, 6.07) is -0.632. The number of aliphatic hydroxyl groups is 1. The maximum absolute atomic E-state index is 14.1. The van der Waals surface area contributed by atoms with Gasteiger partial charge in [0.1, 0.15) is 6.04 Å². The molecule has 8 heteroatoms. The zero-order valence-corrected chi connectivity index (χ0v) is 21.9. The standard InChI is InChI=1S/C27H40N2O5S/c1-3-4-8-15-28-16-12-14-27-20(21-25(33)34-19-11-5-7-13-26(21,2)35-27)23(31)29(22(27)24(28)32)17-9-6-10-18-30/h7,12-14,20-22,30H,3-6,8-11,15-19H2,1-2H3/b13-7-/t20-,21-,22?,26+,27-/m0/s1. The molecule has 0 radical (unpaired) electrons. The van der Waals surface area contributed by atoms with Gasteiger partial charge in [0.25, 0.3) is 0 Å². The third-order valence-corrected chi connectivity index (χ3v) is 9.72. The summed E-state index contributed by atoms with van der Waals surface area (Å²) in [5, 5.41) is 9.19. The lowest BCUT2D eigenvalue weighted by Crippen LogP contribution is -2.53. The number of hydrogen-bond donors (Lipinski definition) is 1. The number of nitrogens with zero attached hydrogens (tertiary/aromatic N) is 2. The van der Waals surface area contributed by atoms with Gasteiger partial charge in [-0.05, 0) is 45.4 Å². The van der Waals surface area contributed by atoms with Gasteiger partial charge in [-0.25, -0.2) is 0 Å². The van der Waals surface area contributed by atoms with Gasteiger partial charge in [-0.3, -0.25) is 14.4 Å². The Morgan fingerprint density at radius 2 is 1.83 bits per heavy atom. The highest BCUT2D eigenvalue weighted by atomic mass is 32.2. The minimum absolute atomic E-state index is 0.0101. The van der Waals surface area contributed by atoms with Crippen molar-refractivity contribution in [1.29, 1.82) is 0 Å². The van der Waals surface area contributed by atoms with Crippen molar-refractivity contribution in [3.8, 4) is 0 Å². The normalized spacial score (nSPS) is 35.5. The summed E-state index contributed by atoms with van der Waals surface area (Å²) >= 11 is 1.61. The second-order valence-corrected chi connectivity index (χ2v) is 12.2. The molecule has 0 aromatic rings. The molecular formula is C27H40N2O5S. The topological polar surface area (TPSA) is 87.2 Å². The van der Waals surface area contributed by atoms with Crippen LogP contribution in [0.15, 0.2) is 24.3 Å². The van der Waals surface area contributed by atoms with Crippen LogP contribution in [0.5, 0.6) is 0 Å². The van der Waals surface area contributed by atoms with Gasteiger partial charge in [-0.2, -0.15) is 0 Å². The lowest BCUT2D eigenvalue weighted by atomic mass is 9.74. The van der Waals surface area contributed by atoms with Gasteiger partial charge in [0.2, 0.25) is 11.8 Å². The summed E-state index contributed by atoms with van der Waals surface area (Å²) in [5.74, 6) is -1.72. The number of esters is 1. The molecule has 0 saturated carbocycles. The molecule has 1 spiro atoms. The van der Waals surface area contributed by atoms with E-state index in [-0.39, 0.29) is 24.4 Å². The van der Waals surface area contributed by atoms with E-state index in [2.05, 4.69) is 25.2 Å². The molecule has 4 heterocycles. The Morgan fingerprint density at radius 3 is 2.60 bits per heavy atom. The zero-order valence-electron chi connectivity index (χ0n) is 21.1. The zero-order chi connectivity index (χ0) is 25.1. The molecule has 0 aromatic heterocycles. The third kappa shape index (κ3) is 4.80. The van der Waals surface area contributed by atoms with Crippen LogP contribution in [0.2, 0.25) is 0 Å². The van der Waals surface area contributed by atoms with Gasteiger partial charge in [0, 0.05) is 31.0 Å². The predicted molar refractivity (Wildman–Crippen MR) is 137 cm³/mol. The fourth-order valence-electron chi connectivity index (χ4n) is 6.25. The molecular weight excluding hydrogens is 464 g/mol. The van der Waals surface area contributed by atoms with Crippen molar-refractivity contribution in [3.05, 3.63) is 24.3 Å². The average Bonchev–Trinajstić information content (AvgIpc) is 3.18. The van der Waals surface area contributed by atoms with Crippen molar-refractivity contribution in [1.82, 2.24) is 9.80 Å². The van der Waals surface area contributed by atoms with Gasteiger partial charge in [-0.1, -0.05) is 44.1 Å². The number of cyclic esters (lactones) is 1. The lowest BCUT2D eigenvalue weighted by molar-refractivity contribution is -0.154. The van der Waals surface area contributed by atoms with Gasteiger partial charge in [-0.15, -0.1) is 11.8 Å². The lowest BCUT2D eigenvalue weighted by Gasteiger charge is -2.37. The van der Waals surface area contributed by atoms with E-state index in [4.69, 9.17) is 4.74 Å². The number of amides is 2. The number of carbonyl (C=O) groups excluding carboxylic acids is 3. The fourth-order valence-corrected chi connectivity index (χ4v) is 8.40. The summed E-state index contributed by atoms with van der Waals surface area (Å²) < 4.78 is 4.24. The number of unbranched alkanes of at least 4 members (excludes halogenated alkanes) is 4. The first-order valence-corrected chi connectivity index (χ1v) is 14.1. The van der Waals surface area contributed by atoms with Crippen LogP contribution < -0.4 is 0 Å². The Labute approximate surface area is 213 Å². The number of hydrogen-bond acceptors (Lipinski definition) is 6. The van der Waals surface area contributed by atoms with Crippen molar-refractivity contribution in [2.45, 2.75) is 80.7 Å². The molecule has 0 bridgehead atoms. The molecule has 2 saturated heterocycles. The molecule has 1 N–H and O–H groups in total. The molecule has 2 fully saturated rings. The maximum Gasteiger partial charge on any atom is 0.311 e. The average molecular weight is 505 g/mol. The Bertz CT molecular complexity index is 876. The number of fused-ring (bicyclic) bond motifs is 2. The van der Waals surface area contributed by atoms with Crippen LogP contribution in [0.4, 0.5) is 0 Å². The van der Waals surface area contributed by atoms with Crippen molar-refractivity contribution in [3.63, 3.8) is 0 Å². The minimum Gasteiger partial charge on any atom is -0.465 e. The van der Waals surface area contributed by atoms with Crippen LogP contribution in [-0.4, -0.2) is 81.1 Å². The van der Waals surface area contributed by atoms with Gasteiger partial charge < -0.3 is 19.6 Å². The Hall–Kier alpha value is -1.80. The van der Waals surface area contributed by atoms with Crippen LogP contribution in [0.1, 0.15) is 65.2 Å². The van der Waals surface area contributed by atoms with Gasteiger partial charge in [0.15, 0.2) is 0 Å². The van der Waals surface area contributed by atoms with E-state index in [1.807, 2.05) is 17.9 Å². The predicted octanol–water partition coefficient (Wildman–Crippen LogP) is 3.32. The largest absolute Gasteiger partial charge is 0.465 e. The number of carbonyl (C=O) groups is 3. The van der Waals surface area contributed by atoms with Crippen LogP contribution >= 0.6 is 11.8 Å². The number of thioether (sulfide) groups is 1. The first-order chi connectivity index (χ1) is 16.9. The van der Waals surface area contributed by atoms with Crippen molar-refractivity contribution < 1.29 is 24.2 Å². The van der Waals surface area contributed by atoms with Gasteiger partial charge in [0.05, 0.1) is 23.2 Å². The number of rotatable bonds is 9. The Kier molecular flexibility index (Phi) is 8.31. The number of aliphatic hydroxyl groups excluding tert-OH is 1. The Morgan fingerprint density at radius 1 is 1.03 bits per heavy atom. The van der Waals surface area contributed by atoms with Crippen LogP contribution in [0.3, 0.4) is 0 Å². The van der Waals surface area contributed by atoms with Crippen LogP contribution in [0, 0.1) is 11.8 Å². The highest BCUT2D eigenvalue weighted by Gasteiger charge is 2.73. The monoisotopic (exact) mass is 504 g/mol. The molecule has 35 heavy (non-hydrogen) atoms. The summed E-state index contributed by atoms with van der Waals surface area (Å²) in [4.78, 5) is 45.2. The first-order valence-electron chi connectivity index (χ1n) is 13.3. The van der Waals surface area contributed by atoms with E-state index in [0.29, 0.717) is 32.7 Å². The van der Waals surface area contributed by atoms with Crippen molar-refractivity contribution in [2.75, 3.05) is 32.8 Å². The number of allylic oxidation sites excluding steroid dienone is 1. The quantitative estimate of drug-likeness (QED) is 0.295. The molecule has 0 aromatic carbocycles. The van der Waals surface area contributed by atoms with E-state index in [1.54, 1.807) is 16.7 Å². The first kappa shape index (κ1) is 26.3. The molecule has 2 amide bonds. The van der Waals surface area contributed by atoms with E-state index in [1.165, 1.54) is 0 Å². The SMILES string of the molecule is CCCCCN1CC=C[C@]23S[C@]4(C)/C=C\CCCOC(=O)[C@@H]4[C@H]2C(=O)N(CCCCCO)C3C1=O. The molecule has 4 rings (SSSR count). The second-order valence-electron chi connectivity index (χ2n) is 10.4. The summed E-state index contributed by atoms with van der Waals surface area (Å²) in [7, 11) is 0. The maximum atomic E-state index is 14.1. The molecule has 5 atom stereocenters. The highest BCUT2D eigenvalue weighted by Crippen LogP contribution is 2.65. The van der Waals surface area contributed by atoms with Crippen LogP contribution in [-0.2, 0) is 19.1 Å². The molecule has 0 aliphatic carbocycles. The van der Waals surface area contributed by atoms with E-state index >= 15 is 0 Å². The van der Waals surface area contributed by atoms with Gasteiger partial charge >= 0.3 is 5.97 Å². The summed E-state index contributed by atoms with van der Waals surface area (Å²) in [5.41, 5.74) is 0. The molecule has 7 nitrogen and oxygen atoms in total. The number of ether oxygens (including phenoxy) is 1. The highest BCUT2D eigenvalue weighted by molar-refractivity contribution is 8.02. The van der Waals surface area contributed by atoms with Crippen molar-refractivity contribution >= 4 is 29.5 Å². The van der Waals surface area contributed by atoms with Crippen molar-refractivity contribution in [2.24, 2.45) is 11.8 Å². The fraction of sp³-hybridized carbons (Fsp3) is 0.741. The number of likely N-dealkylation sites (tertiary alicyclic amines) is 1. The van der Waals surface area contributed by atoms with Crippen LogP contribution in [0.25, 0.3) is 0 Å². The Balaban J connectivity index is 1.74. The van der Waals surface area contributed by atoms with E-state index < -0.39 is 27.4 Å². The molecule has 194 valence electrons. The van der Waals surface area contributed by atoms with E-state index in [0.717, 1.165) is 44.9 Å². The summed E-state index contributed by atoms with van der Waals surface area (Å²) in [6.07, 6.45) is 15.1. The minimum atomic E-state index is -0.799. The third-order valence-electron chi connectivity index (χ3n) is 7.92. The summed E-state index contributed by atoms with van der Waals surface area (Å²) in [6.45, 7) is 6.30. The van der Waals surface area contributed by atoms with E-state index in [9.17, 15) is 19.5 Å². The molecule has 1 unspecified atom stereocenters. The molecule has 4 aliphatic heterocycles.